The van der Waals surface area contributed by atoms with Gasteiger partial charge in [-0.1, -0.05) is 0 Å². The summed E-state index contributed by atoms with van der Waals surface area (Å²) in [4.78, 5) is 26.2. The smallest absolute Gasteiger partial charge is 0.276 e. The lowest BCUT2D eigenvalue weighted by Gasteiger charge is -2.32. The van der Waals surface area contributed by atoms with E-state index in [0.29, 0.717) is 42.7 Å². The van der Waals surface area contributed by atoms with Gasteiger partial charge in [0.1, 0.15) is 23.4 Å². The van der Waals surface area contributed by atoms with Gasteiger partial charge in [0.2, 0.25) is 0 Å². The molecule has 2 aromatic heterocycles. The Bertz CT molecular complexity index is 657. The highest BCUT2D eigenvalue weighted by Gasteiger charge is 2.30. The van der Waals surface area contributed by atoms with Crippen LogP contribution in [0.3, 0.4) is 0 Å². The highest BCUT2D eigenvalue weighted by atomic mass is 16.5. The first-order valence-electron chi connectivity index (χ1n) is 6.54. The van der Waals surface area contributed by atoms with Gasteiger partial charge in [0.15, 0.2) is 12.1 Å². The number of anilines is 1. The summed E-state index contributed by atoms with van der Waals surface area (Å²) in [5, 5.41) is 0. The van der Waals surface area contributed by atoms with E-state index in [1.165, 1.54) is 12.6 Å². The molecule has 0 spiro atoms. The van der Waals surface area contributed by atoms with Crippen LogP contribution < -0.4 is 5.73 Å². The number of nitrogen functional groups attached to an aromatic ring is 1. The number of oxazole rings is 1. The quantitative estimate of drug-likeness (QED) is 0.861. The Labute approximate surface area is 121 Å². The van der Waals surface area contributed by atoms with Gasteiger partial charge < -0.3 is 19.8 Å². The van der Waals surface area contributed by atoms with Gasteiger partial charge in [0, 0.05) is 18.9 Å². The Morgan fingerprint density at radius 2 is 2.19 bits per heavy atom. The van der Waals surface area contributed by atoms with E-state index in [1.54, 1.807) is 18.0 Å². The molecule has 0 aliphatic carbocycles. The van der Waals surface area contributed by atoms with Crippen molar-refractivity contribution >= 4 is 11.7 Å². The third-order valence-electron chi connectivity index (χ3n) is 3.36. The molecule has 1 amide bonds. The summed E-state index contributed by atoms with van der Waals surface area (Å²) in [7, 11) is 0. The summed E-state index contributed by atoms with van der Waals surface area (Å²) < 4.78 is 10.7. The number of carbonyl (C=O) groups excluding carboxylic acids is 1. The number of rotatable bonds is 2. The van der Waals surface area contributed by atoms with Gasteiger partial charge in [-0.15, -0.1) is 0 Å². The Morgan fingerprint density at radius 3 is 2.90 bits per heavy atom. The molecule has 0 bridgehead atoms. The van der Waals surface area contributed by atoms with E-state index in [-0.39, 0.29) is 12.0 Å². The van der Waals surface area contributed by atoms with Crippen LogP contribution in [0.25, 0.3) is 0 Å². The summed E-state index contributed by atoms with van der Waals surface area (Å²) in [5.41, 5.74) is 6.68. The zero-order chi connectivity index (χ0) is 14.8. The van der Waals surface area contributed by atoms with Crippen LogP contribution in [0.1, 0.15) is 28.0 Å². The predicted octanol–water partition coefficient (Wildman–Crippen LogP) is 0.569. The van der Waals surface area contributed by atoms with Crippen LogP contribution >= 0.6 is 0 Å². The highest BCUT2D eigenvalue weighted by Crippen LogP contribution is 2.24. The van der Waals surface area contributed by atoms with Crippen molar-refractivity contribution in [3.63, 3.8) is 0 Å². The second-order valence-corrected chi connectivity index (χ2v) is 4.69. The van der Waals surface area contributed by atoms with Crippen molar-refractivity contribution in [1.29, 1.82) is 0 Å². The summed E-state index contributed by atoms with van der Waals surface area (Å²) in [6.07, 6.45) is 3.95. The Kier molecular flexibility index (Phi) is 3.53. The van der Waals surface area contributed by atoms with E-state index in [2.05, 4.69) is 15.0 Å². The number of ether oxygens (including phenoxy) is 1. The van der Waals surface area contributed by atoms with Gasteiger partial charge in [-0.3, -0.25) is 9.78 Å². The average molecular weight is 289 g/mol. The van der Waals surface area contributed by atoms with Crippen LogP contribution in [0.2, 0.25) is 0 Å². The maximum atomic E-state index is 12.4. The summed E-state index contributed by atoms with van der Waals surface area (Å²) in [6, 6.07) is 0. The lowest BCUT2D eigenvalue weighted by Crippen LogP contribution is -2.43. The summed E-state index contributed by atoms with van der Waals surface area (Å²) in [5.74, 6) is 0.633. The summed E-state index contributed by atoms with van der Waals surface area (Å²) in [6.45, 7) is 2.96. The first-order valence-corrected chi connectivity index (χ1v) is 6.54. The number of hydrogen-bond donors (Lipinski definition) is 1. The van der Waals surface area contributed by atoms with Crippen LogP contribution in [0, 0.1) is 6.92 Å². The molecule has 1 atom stereocenters. The number of nitrogens with zero attached hydrogens (tertiary/aromatic N) is 4. The van der Waals surface area contributed by atoms with Gasteiger partial charge >= 0.3 is 0 Å². The van der Waals surface area contributed by atoms with Gasteiger partial charge in [0.25, 0.3) is 5.91 Å². The number of hydrogen-bond acceptors (Lipinski definition) is 7. The molecule has 0 saturated carbocycles. The average Bonchev–Trinajstić information content (AvgIpc) is 2.93. The molecule has 21 heavy (non-hydrogen) atoms. The van der Waals surface area contributed by atoms with Gasteiger partial charge in [-0.25, -0.2) is 9.97 Å². The zero-order valence-corrected chi connectivity index (χ0v) is 11.5. The third-order valence-corrected chi connectivity index (χ3v) is 3.36. The number of carbonyl (C=O) groups is 1. The van der Waals surface area contributed by atoms with E-state index in [1.807, 2.05) is 0 Å². The number of aromatic nitrogens is 3. The fourth-order valence-electron chi connectivity index (χ4n) is 2.27. The number of amides is 1. The molecule has 3 rings (SSSR count). The van der Waals surface area contributed by atoms with Crippen molar-refractivity contribution in [3.8, 4) is 0 Å². The van der Waals surface area contributed by atoms with Crippen LogP contribution in [-0.2, 0) is 4.74 Å². The second-order valence-electron chi connectivity index (χ2n) is 4.69. The number of aryl methyl sites for hydroxylation is 1. The van der Waals surface area contributed by atoms with Gasteiger partial charge in [-0.2, -0.15) is 0 Å². The molecule has 0 unspecified atom stereocenters. The summed E-state index contributed by atoms with van der Waals surface area (Å²) >= 11 is 0. The molecule has 2 N–H and O–H groups in total. The maximum absolute atomic E-state index is 12.4. The van der Waals surface area contributed by atoms with Crippen LogP contribution in [0.15, 0.2) is 23.2 Å². The normalized spacial score (nSPS) is 18.7. The molecule has 1 saturated heterocycles. The molecular formula is C13H15N5O3. The van der Waals surface area contributed by atoms with Crippen molar-refractivity contribution < 1.29 is 13.9 Å². The fraction of sp³-hybridized carbons (Fsp3) is 0.385. The monoisotopic (exact) mass is 289 g/mol. The maximum Gasteiger partial charge on any atom is 0.276 e. The molecule has 3 heterocycles. The first kappa shape index (κ1) is 13.5. The molecule has 8 nitrogen and oxygen atoms in total. The standard InChI is InChI=1S/C13H15N5O3/c1-8-10(17-7-21-8)13(19)18-4-5-20-9(6-18)11-12(14)16-3-2-15-11/h2-3,7,9H,4-6H2,1H3,(H2,14,16)/t9-/m0/s1. The van der Waals surface area contributed by atoms with E-state index in [4.69, 9.17) is 14.9 Å². The van der Waals surface area contributed by atoms with Gasteiger partial charge in [0.05, 0.1) is 13.2 Å². The molecule has 1 aliphatic heterocycles. The van der Waals surface area contributed by atoms with Crippen LogP contribution in [-0.4, -0.2) is 45.5 Å². The zero-order valence-electron chi connectivity index (χ0n) is 11.5. The molecular weight excluding hydrogens is 274 g/mol. The molecule has 1 aliphatic rings. The lowest BCUT2D eigenvalue weighted by molar-refractivity contribution is -0.0247. The van der Waals surface area contributed by atoms with Crippen LogP contribution in [0.4, 0.5) is 5.82 Å². The van der Waals surface area contributed by atoms with Crippen molar-refractivity contribution in [2.75, 3.05) is 25.4 Å². The lowest BCUT2D eigenvalue weighted by atomic mass is 10.2. The minimum Gasteiger partial charge on any atom is -0.448 e. The van der Waals surface area contributed by atoms with Crippen molar-refractivity contribution in [2.45, 2.75) is 13.0 Å². The van der Waals surface area contributed by atoms with Crippen molar-refractivity contribution in [3.05, 3.63) is 35.9 Å². The molecule has 0 aromatic carbocycles. The minimum atomic E-state index is -0.386. The number of morpholine rings is 1. The SMILES string of the molecule is Cc1ocnc1C(=O)N1CCO[C@H](c2nccnc2N)C1. The fourth-order valence-corrected chi connectivity index (χ4v) is 2.27. The Balaban J connectivity index is 1.79. The first-order chi connectivity index (χ1) is 10.2. The Hall–Kier alpha value is -2.48. The van der Waals surface area contributed by atoms with E-state index < -0.39 is 0 Å². The topological polar surface area (TPSA) is 107 Å². The minimum absolute atomic E-state index is 0.183. The molecule has 1 fully saturated rings. The van der Waals surface area contributed by atoms with Gasteiger partial charge in [-0.05, 0) is 6.92 Å². The van der Waals surface area contributed by atoms with E-state index >= 15 is 0 Å². The molecule has 0 radical (unpaired) electrons. The molecule has 8 heteroatoms. The van der Waals surface area contributed by atoms with E-state index in [0.717, 1.165) is 0 Å². The van der Waals surface area contributed by atoms with Crippen LogP contribution in [0.5, 0.6) is 0 Å². The largest absolute Gasteiger partial charge is 0.448 e. The third kappa shape index (κ3) is 2.57. The second kappa shape index (κ2) is 5.49. The molecule has 110 valence electrons. The predicted molar refractivity (Wildman–Crippen MR) is 72.3 cm³/mol. The molecule has 2 aromatic rings. The van der Waals surface area contributed by atoms with Crippen molar-refractivity contribution in [1.82, 2.24) is 19.9 Å². The van der Waals surface area contributed by atoms with Crippen molar-refractivity contribution in [2.24, 2.45) is 0 Å². The Morgan fingerprint density at radius 1 is 1.38 bits per heavy atom. The number of nitrogens with two attached hydrogens (primary N) is 1. The van der Waals surface area contributed by atoms with E-state index in [9.17, 15) is 4.79 Å². The highest BCUT2D eigenvalue weighted by molar-refractivity contribution is 5.93.